The van der Waals surface area contributed by atoms with Crippen LogP contribution in [0.1, 0.15) is 26.7 Å². The van der Waals surface area contributed by atoms with Crippen LogP contribution in [0.25, 0.3) is 0 Å². The number of hydrogen-bond donors (Lipinski definition) is 0. The minimum absolute atomic E-state index is 0.810. The van der Waals surface area contributed by atoms with Gasteiger partial charge in [0.05, 0.1) is 0 Å². The van der Waals surface area contributed by atoms with Gasteiger partial charge >= 0.3 is 0 Å². The molecule has 0 radical (unpaired) electrons. The van der Waals surface area contributed by atoms with E-state index in [-0.39, 0.29) is 0 Å². The highest BCUT2D eigenvalue weighted by molar-refractivity contribution is 9.09. The first-order valence-electron chi connectivity index (χ1n) is 6.07. The Balaban J connectivity index is 3.71. The number of alkyl halides is 1. The summed E-state index contributed by atoms with van der Waals surface area (Å²) in [6.07, 6.45) is 2.55. The van der Waals surface area contributed by atoms with Gasteiger partial charge < -0.3 is 9.80 Å². The van der Waals surface area contributed by atoms with Crippen LogP contribution in [-0.2, 0) is 0 Å². The van der Waals surface area contributed by atoms with E-state index in [0.29, 0.717) is 0 Å². The first-order chi connectivity index (χ1) is 7.13. The SMILES string of the molecule is CCC(CBr)CN(CC)CCCN(C)C. The van der Waals surface area contributed by atoms with E-state index in [1.807, 2.05) is 0 Å². The van der Waals surface area contributed by atoms with Crippen molar-refractivity contribution >= 4 is 15.9 Å². The molecule has 0 fully saturated rings. The van der Waals surface area contributed by atoms with Gasteiger partial charge in [0, 0.05) is 11.9 Å². The van der Waals surface area contributed by atoms with E-state index in [4.69, 9.17) is 0 Å². The summed E-state index contributed by atoms with van der Waals surface area (Å²) in [4.78, 5) is 4.83. The Morgan fingerprint density at radius 2 is 1.80 bits per heavy atom. The van der Waals surface area contributed by atoms with Crippen molar-refractivity contribution < 1.29 is 0 Å². The normalized spacial score (nSPS) is 13.8. The summed E-state index contributed by atoms with van der Waals surface area (Å²) in [5.41, 5.74) is 0. The van der Waals surface area contributed by atoms with Crippen molar-refractivity contribution in [2.45, 2.75) is 26.7 Å². The number of nitrogens with zero attached hydrogens (tertiary/aromatic N) is 2. The monoisotopic (exact) mass is 278 g/mol. The molecule has 3 heteroatoms. The molecule has 0 spiro atoms. The molecule has 0 rings (SSSR count). The van der Waals surface area contributed by atoms with Gasteiger partial charge in [-0.25, -0.2) is 0 Å². The van der Waals surface area contributed by atoms with Gasteiger partial charge in [-0.2, -0.15) is 0 Å². The Hall–Kier alpha value is 0.400. The molecule has 0 saturated carbocycles. The zero-order valence-electron chi connectivity index (χ0n) is 10.8. The second kappa shape index (κ2) is 9.61. The van der Waals surface area contributed by atoms with E-state index in [0.717, 1.165) is 11.2 Å². The van der Waals surface area contributed by atoms with Gasteiger partial charge in [0.1, 0.15) is 0 Å². The topological polar surface area (TPSA) is 6.48 Å². The molecule has 0 aliphatic carbocycles. The van der Waals surface area contributed by atoms with Crippen molar-refractivity contribution in [3.05, 3.63) is 0 Å². The quantitative estimate of drug-likeness (QED) is 0.599. The molecule has 0 aliphatic rings. The Labute approximate surface area is 104 Å². The molecule has 92 valence electrons. The van der Waals surface area contributed by atoms with Gasteiger partial charge in [-0.1, -0.05) is 36.2 Å². The van der Waals surface area contributed by atoms with Gasteiger partial charge in [-0.15, -0.1) is 0 Å². The van der Waals surface area contributed by atoms with E-state index < -0.39 is 0 Å². The summed E-state index contributed by atoms with van der Waals surface area (Å²) in [5, 5.41) is 1.13. The first-order valence-corrected chi connectivity index (χ1v) is 7.19. The lowest BCUT2D eigenvalue weighted by Crippen LogP contribution is -2.32. The molecule has 15 heavy (non-hydrogen) atoms. The van der Waals surface area contributed by atoms with E-state index >= 15 is 0 Å². The molecule has 1 atom stereocenters. The lowest BCUT2D eigenvalue weighted by molar-refractivity contribution is 0.234. The van der Waals surface area contributed by atoms with E-state index in [9.17, 15) is 0 Å². The van der Waals surface area contributed by atoms with Crippen LogP contribution in [0.4, 0.5) is 0 Å². The summed E-state index contributed by atoms with van der Waals surface area (Å²) in [6.45, 7) is 9.39. The van der Waals surface area contributed by atoms with Crippen LogP contribution in [0.3, 0.4) is 0 Å². The molecule has 0 aromatic heterocycles. The van der Waals surface area contributed by atoms with Crippen molar-refractivity contribution in [2.75, 3.05) is 45.6 Å². The van der Waals surface area contributed by atoms with Crippen LogP contribution in [0.15, 0.2) is 0 Å². The van der Waals surface area contributed by atoms with E-state index in [1.165, 1.54) is 39.0 Å². The Morgan fingerprint density at radius 1 is 1.13 bits per heavy atom. The molecule has 1 unspecified atom stereocenters. The smallest absolute Gasteiger partial charge is 0.00717 e. The fraction of sp³-hybridized carbons (Fsp3) is 1.00. The molecule has 0 aromatic carbocycles. The molecule has 0 saturated heterocycles. The number of rotatable bonds is 9. The molecule has 0 N–H and O–H groups in total. The highest BCUT2D eigenvalue weighted by Gasteiger charge is 2.09. The number of hydrogen-bond acceptors (Lipinski definition) is 2. The fourth-order valence-electron chi connectivity index (χ4n) is 1.64. The van der Waals surface area contributed by atoms with Crippen LogP contribution < -0.4 is 0 Å². The Kier molecular flexibility index (Phi) is 9.87. The zero-order chi connectivity index (χ0) is 11.7. The van der Waals surface area contributed by atoms with Gasteiger partial charge in [-0.05, 0) is 46.1 Å². The number of halogens is 1. The van der Waals surface area contributed by atoms with Crippen molar-refractivity contribution in [1.29, 1.82) is 0 Å². The van der Waals surface area contributed by atoms with Crippen LogP contribution >= 0.6 is 15.9 Å². The second-order valence-corrected chi connectivity index (χ2v) is 5.13. The zero-order valence-corrected chi connectivity index (χ0v) is 12.4. The molecule has 0 heterocycles. The predicted octanol–water partition coefficient (Wildman–Crippen LogP) is 2.68. The maximum atomic E-state index is 3.59. The average molecular weight is 279 g/mol. The maximum Gasteiger partial charge on any atom is 0.00717 e. The second-order valence-electron chi connectivity index (χ2n) is 4.48. The first kappa shape index (κ1) is 15.4. The maximum absolute atomic E-state index is 3.59. The minimum Gasteiger partial charge on any atom is -0.309 e. The largest absolute Gasteiger partial charge is 0.309 e. The standard InChI is InChI=1S/C12H27BrN2/c1-5-12(10-13)11-15(6-2)9-7-8-14(3)4/h12H,5-11H2,1-4H3. The molecule has 0 amide bonds. The highest BCUT2D eigenvalue weighted by Crippen LogP contribution is 2.09. The lowest BCUT2D eigenvalue weighted by atomic mass is 10.1. The third-order valence-electron chi connectivity index (χ3n) is 2.84. The van der Waals surface area contributed by atoms with E-state index in [2.05, 4.69) is 53.7 Å². The van der Waals surface area contributed by atoms with Crippen molar-refractivity contribution in [2.24, 2.45) is 5.92 Å². The highest BCUT2D eigenvalue weighted by atomic mass is 79.9. The summed E-state index contributed by atoms with van der Waals surface area (Å²) in [7, 11) is 4.28. The Morgan fingerprint density at radius 3 is 2.20 bits per heavy atom. The van der Waals surface area contributed by atoms with Crippen LogP contribution in [0.5, 0.6) is 0 Å². The third kappa shape index (κ3) is 8.23. The third-order valence-corrected chi connectivity index (χ3v) is 3.75. The fourth-order valence-corrected chi connectivity index (χ4v) is 2.30. The van der Waals surface area contributed by atoms with Crippen LogP contribution in [0.2, 0.25) is 0 Å². The molecular weight excluding hydrogens is 252 g/mol. The summed E-state index contributed by atoms with van der Waals surface area (Å²) >= 11 is 3.59. The van der Waals surface area contributed by atoms with Gasteiger partial charge in [-0.3, -0.25) is 0 Å². The van der Waals surface area contributed by atoms with Crippen LogP contribution in [-0.4, -0.2) is 55.4 Å². The van der Waals surface area contributed by atoms with Gasteiger partial charge in [0.25, 0.3) is 0 Å². The summed E-state index contributed by atoms with van der Waals surface area (Å²) < 4.78 is 0. The van der Waals surface area contributed by atoms with Crippen molar-refractivity contribution in [3.63, 3.8) is 0 Å². The Bertz CT molecular complexity index is 136. The molecule has 0 aromatic rings. The van der Waals surface area contributed by atoms with E-state index in [1.54, 1.807) is 0 Å². The predicted molar refractivity (Wildman–Crippen MR) is 72.9 cm³/mol. The summed E-state index contributed by atoms with van der Waals surface area (Å²) in [5.74, 6) is 0.810. The molecule has 0 aliphatic heterocycles. The summed E-state index contributed by atoms with van der Waals surface area (Å²) in [6, 6.07) is 0. The molecular formula is C12H27BrN2. The van der Waals surface area contributed by atoms with Crippen molar-refractivity contribution in [3.8, 4) is 0 Å². The minimum atomic E-state index is 0.810. The average Bonchev–Trinajstić information content (AvgIpc) is 2.22. The van der Waals surface area contributed by atoms with Gasteiger partial charge in [0.15, 0.2) is 0 Å². The van der Waals surface area contributed by atoms with Crippen LogP contribution in [0, 0.1) is 5.92 Å². The lowest BCUT2D eigenvalue weighted by Gasteiger charge is -2.25. The molecule has 2 nitrogen and oxygen atoms in total. The van der Waals surface area contributed by atoms with Gasteiger partial charge in [0.2, 0.25) is 0 Å². The molecule has 0 bridgehead atoms. The van der Waals surface area contributed by atoms with Crippen molar-refractivity contribution in [1.82, 2.24) is 9.80 Å².